The van der Waals surface area contributed by atoms with Crippen LogP contribution in [0.1, 0.15) is 12.8 Å². The molecule has 5 heteroatoms. The van der Waals surface area contributed by atoms with Gasteiger partial charge in [-0.15, -0.1) is 0 Å². The zero-order chi connectivity index (χ0) is 7.11. The summed E-state index contributed by atoms with van der Waals surface area (Å²) in [4.78, 5) is 18.5. The average Bonchev–Trinajstić information content (AvgIpc) is 2.20. The Hall–Kier alpha value is -0.0600. The maximum absolute atomic E-state index is 10.1. The Kier molecular flexibility index (Phi) is 11.3. The van der Waals surface area contributed by atoms with Gasteiger partial charge in [-0.05, 0) is 6.42 Å². The van der Waals surface area contributed by atoms with Crippen LogP contribution >= 0.6 is 0 Å². The molecule has 0 radical (unpaired) electrons. The van der Waals surface area contributed by atoms with Crippen LogP contribution in [0.25, 0.3) is 0 Å². The first kappa shape index (κ1) is 12.6. The second-order valence-corrected chi connectivity index (χ2v) is 1.56. The van der Waals surface area contributed by atoms with E-state index in [1.54, 1.807) is 0 Å². The molecule has 0 aromatic rings. The van der Waals surface area contributed by atoms with Crippen LogP contribution in [0.3, 0.4) is 0 Å². The van der Waals surface area contributed by atoms with Gasteiger partial charge in [0.1, 0.15) is 0 Å². The second kappa shape index (κ2) is 8.94. The molecular formula is C5H10NNaO3. The third-order valence-electron chi connectivity index (χ3n) is 0.903. The van der Waals surface area contributed by atoms with E-state index in [0.717, 1.165) is 19.4 Å². The molecule has 0 bridgehead atoms. The van der Waals surface area contributed by atoms with Gasteiger partial charge in [-0.1, -0.05) is 0 Å². The Labute approximate surface area is 81.3 Å². The number of hydrogen-bond donors (Lipinski definition) is 2. The van der Waals surface area contributed by atoms with E-state index >= 15 is 0 Å². The SMILES string of the molecule is O=C1CCCN1.O=CO.[NaH]. The molecule has 0 spiro atoms. The van der Waals surface area contributed by atoms with Gasteiger partial charge in [0.25, 0.3) is 6.47 Å². The Morgan fingerprint density at radius 1 is 1.60 bits per heavy atom. The molecule has 0 aliphatic carbocycles. The number of carbonyl (C=O) groups is 2. The molecule has 1 saturated heterocycles. The molecule has 54 valence electrons. The van der Waals surface area contributed by atoms with Crippen LogP contribution in [0.5, 0.6) is 0 Å². The summed E-state index contributed by atoms with van der Waals surface area (Å²) in [5.74, 6) is 0.204. The van der Waals surface area contributed by atoms with Gasteiger partial charge in [-0.25, -0.2) is 0 Å². The second-order valence-electron chi connectivity index (χ2n) is 1.56. The van der Waals surface area contributed by atoms with Crippen LogP contribution in [0.2, 0.25) is 0 Å². The molecule has 0 aromatic carbocycles. The van der Waals surface area contributed by atoms with E-state index in [-0.39, 0.29) is 41.9 Å². The summed E-state index contributed by atoms with van der Waals surface area (Å²) in [5, 5.41) is 9.57. The Bertz CT molecular complexity index is 99.1. The number of rotatable bonds is 0. The zero-order valence-corrected chi connectivity index (χ0v) is 4.96. The molecule has 4 nitrogen and oxygen atoms in total. The van der Waals surface area contributed by atoms with E-state index in [0.29, 0.717) is 0 Å². The summed E-state index contributed by atoms with van der Waals surface area (Å²) in [7, 11) is 0. The summed E-state index contributed by atoms with van der Waals surface area (Å²) in [6.07, 6.45) is 1.76. The average molecular weight is 155 g/mol. The van der Waals surface area contributed by atoms with Crippen LogP contribution in [-0.4, -0.2) is 53.6 Å². The standard InChI is InChI=1S/C4H7NO.CH2O2.Na.H/c6-4-2-1-3-5-4;2-1-3;;/h1-3H2,(H,5,6);1H,(H,2,3);;. The van der Waals surface area contributed by atoms with Crippen molar-refractivity contribution in [2.24, 2.45) is 0 Å². The fourth-order valence-electron chi connectivity index (χ4n) is 0.565. The molecule has 0 atom stereocenters. The predicted octanol–water partition coefficient (Wildman–Crippen LogP) is -1.05. The molecular weight excluding hydrogens is 145 g/mol. The van der Waals surface area contributed by atoms with Gasteiger partial charge in [0.15, 0.2) is 0 Å². The molecule has 2 N–H and O–H groups in total. The number of carbonyl (C=O) groups excluding carboxylic acids is 1. The minimum atomic E-state index is -0.250. The van der Waals surface area contributed by atoms with Crippen LogP contribution < -0.4 is 5.32 Å². The molecule has 1 aliphatic rings. The van der Waals surface area contributed by atoms with E-state index in [1.807, 2.05) is 0 Å². The van der Waals surface area contributed by atoms with Gasteiger partial charge in [0, 0.05) is 13.0 Å². The molecule has 1 aliphatic heterocycles. The molecule has 0 saturated carbocycles. The molecule has 1 amide bonds. The number of amides is 1. The number of carboxylic acid groups (broad SMARTS) is 1. The number of nitrogens with one attached hydrogen (secondary N) is 1. The molecule has 1 heterocycles. The third kappa shape index (κ3) is 7.94. The van der Waals surface area contributed by atoms with Crippen molar-refractivity contribution in [3.63, 3.8) is 0 Å². The first-order valence-corrected chi connectivity index (χ1v) is 2.66. The van der Waals surface area contributed by atoms with Crippen molar-refractivity contribution in [2.75, 3.05) is 6.54 Å². The predicted molar refractivity (Wildman–Crippen MR) is 38.1 cm³/mol. The Morgan fingerprint density at radius 3 is 2.20 bits per heavy atom. The monoisotopic (exact) mass is 155 g/mol. The molecule has 1 rings (SSSR count). The van der Waals surface area contributed by atoms with Gasteiger partial charge >= 0.3 is 29.6 Å². The van der Waals surface area contributed by atoms with Gasteiger partial charge in [0.2, 0.25) is 5.91 Å². The van der Waals surface area contributed by atoms with E-state index in [9.17, 15) is 4.79 Å². The first-order valence-electron chi connectivity index (χ1n) is 2.66. The van der Waals surface area contributed by atoms with Crippen molar-refractivity contribution in [2.45, 2.75) is 12.8 Å². The van der Waals surface area contributed by atoms with E-state index in [2.05, 4.69) is 5.32 Å². The van der Waals surface area contributed by atoms with Crippen LogP contribution in [0.4, 0.5) is 0 Å². The van der Waals surface area contributed by atoms with E-state index < -0.39 is 0 Å². The Balaban J connectivity index is 0. The maximum atomic E-state index is 10.1. The Morgan fingerprint density at radius 2 is 2.10 bits per heavy atom. The van der Waals surface area contributed by atoms with Crippen molar-refractivity contribution in [1.29, 1.82) is 0 Å². The van der Waals surface area contributed by atoms with Crippen LogP contribution in [-0.2, 0) is 9.59 Å². The van der Waals surface area contributed by atoms with Crippen molar-refractivity contribution in [1.82, 2.24) is 5.32 Å². The zero-order valence-electron chi connectivity index (χ0n) is 4.96. The number of hydrogen-bond acceptors (Lipinski definition) is 2. The van der Waals surface area contributed by atoms with Gasteiger partial charge in [0.05, 0.1) is 0 Å². The quantitative estimate of drug-likeness (QED) is 0.346. The van der Waals surface area contributed by atoms with Crippen molar-refractivity contribution in [3.8, 4) is 0 Å². The first-order chi connectivity index (χ1) is 4.31. The minimum absolute atomic E-state index is 0. The fourth-order valence-corrected chi connectivity index (χ4v) is 0.565. The van der Waals surface area contributed by atoms with Crippen molar-refractivity contribution >= 4 is 41.9 Å². The summed E-state index contributed by atoms with van der Waals surface area (Å²) >= 11 is 0. The van der Waals surface area contributed by atoms with E-state index in [1.165, 1.54) is 0 Å². The van der Waals surface area contributed by atoms with Gasteiger partial charge < -0.3 is 10.4 Å². The molecule has 0 unspecified atom stereocenters. The summed E-state index contributed by atoms with van der Waals surface area (Å²) in [6.45, 7) is 0.638. The van der Waals surface area contributed by atoms with Crippen molar-refractivity contribution in [3.05, 3.63) is 0 Å². The van der Waals surface area contributed by atoms with Gasteiger partial charge in [-0.2, -0.15) is 0 Å². The van der Waals surface area contributed by atoms with Crippen LogP contribution in [0.15, 0.2) is 0 Å². The summed E-state index contributed by atoms with van der Waals surface area (Å²) < 4.78 is 0. The van der Waals surface area contributed by atoms with Crippen molar-refractivity contribution < 1.29 is 14.7 Å². The van der Waals surface area contributed by atoms with E-state index in [4.69, 9.17) is 9.90 Å². The fraction of sp³-hybridized carbons (Fsp3) is 0.600. The summed E-state index contributed by atoms with van der Waals surface area (Å²) in [5.41, 5.74) is 0. The molecule has 0 aromatic heterocycles. The summed E-state index contributed by atoms with van der Waals surface area (Å²) in [6, 6.07) is 0. The van der Waals surface area contributed by atoms with Crippen LogP contribution in [0, 0.1) is 0 Å². The topological polar surface area (TPSA) is 66.4 Å². The molecule has 1 fully saturated rings. The van der Waals surface area contributed by atoms with Gasteiger partial charge in [-0.3, -0.25) is 9.59 Å². The molecule has 10 heavy (non-hydrogen) atoms. The normalized spacial score (nSPS) is 13.8. The third-order valence-corrected chi connectivity index (χ3v) is 0.903.